The molecule has 3 aromatic rings. The van der Waals surface area contributed by atoms with Gasteiger partial charge in [0.25, 0.3) is 0 Å². The molecule has 0 amide bonds. The molecule has 0 aliphatic rings. The van der Waals surface area contributed by atoms with E-state index in [1.165, 1.54) is 39.0 Å². The minimum absolute atomic E-state index is 0.222. The zero-order valence-electron chi connectivity index (χ0n) is 21.1. The van der Waals surface area contributed by atoms with Crippen molar-refractivity contribution in [1.29, 1.82) is 0 Å². The van der Waals surface area contributed by atoms with Gasteiger partial charge in [-0.25, -0.2) is 0 Å². The zero-order valence-corrected chi connectivity index (χ0v) is 21.1. The standard InChI is InChI=1S/C28H32O.C3H6O2/c1-21(2)19-25-12-15-26(16-13-25)29-18-8-7-10-24-14-17-28(23(4)20-24)27-11-6-5-9-22(27)3;1-2-3(4)5/h5-6,9,11-17,20H,1,7-8,10,18-19H2,2-4H3;2H2,1H3,(H,4,5). The molecule has 3 heteroatoms. The number of aryl methyl sites for hydroxylation is 3. The monoisotopic (exact) mass is 458 g/mol. The van der Waals surface area contributed by atoms with Crippen molar-refractivity contribution in [2.45, 2.75) is 59.8 Å². The molecule has 0 saturated heterocycles. The van der Waals surface area contributed by atoms with Gasteiger partial charge in [0.15, 0.2) is 0 Å². The molecular formula is C31H38O3. The summed E-state index contributed by atoms with van der Waals surface area (Å²) in [5, 5.41) is 7.72. The first-order chi connectivity index (χ1) is 16.3. The van der Waals surface area contributed by atoms with Crippen molar-refractivity contribution in [3.8, 4) is 16.9 Å². The summed E-state index contributed by atoms with van der Waals surface area (Å²) in [6.45, 7) is 12.8. The molecule has 0 heterocycles. The second kappa shape index (κ2) is 14.0. The van der Waals surface area contributed by atoms with E-state index < -0.39 is 5.97 Å². The largest absolute Gasteiger partial charge is 0.494 e. The van der Waals surface area contributed by atoms with E-state index in [1.807, 2.05) is 0 Å². The molecule has 0 aliphatic carbocycles. The minimum Gasteiger partial charge on any atom is -0.494 e. The van der Waals surface area contributed by atoms with Crippen LogP contribution in [0, 0.1) is 13.8 Å². The third kappa shape index (κ3) is 9.27. The Morgan fingerprint density at radius 3 is 2.09 bits per heavy atom. The maximum atomic E-state index is 9.37. The molecule has 0 bridgehead atoms. The van der Waals surface area contributed by atoms with Gasteiger partial charge in [-0.05, 0) is 92.0 Å². The molecule has 34 heavy (non-hydrogen) atoms. The van der Waals surface area contributed by atoms with Gasteiger partial charge >= 0.3 is 5.97 Å². The Morgan fingerprint density at radius 1 is 0.882 bits per heavy atom. The van der Waals surface area contributed by atoms with Crippen LogP contribution in [0.5, 0.6) is 5.75 Å². The van der Waals surface area contributed by atoms with Crippen LogP contribution in [0.15, 0.2) is 78.9 Å². The highest BCUT2D eigenvalue weighted by molar-refractivity contribution is 5.70. The normalized spacial score (nSPS) is 10.2. The van der Waals surface area contributed by atoms with Gasteiger partial charge < -0.3 is 9.84 Å². The fourth-order valence-electron chi connectivity index (χ4n) is 3.73. The van der Waals surface area contributed by atoms with Crippen molar-refractivity contribution in [3.05, 3.63) is 101 Å². The number of unbranched alkanes of at least 4 members (excludes halogenated alkanes) is 1. The zero-order chi connectivity index (χ0) is 24.9. The van der Waals surface area contributed by atoms with E-state index >= 15 is 0 Å². The van der Waals surface area contributed by atoms with E-state index in [0.29, 0.717) is 0 Å². The molecule has 0 spiro atoms. The summed E-state index contributed by atoms with van der Waals surface area (Å²) in [4.78, 5) is 9.37. The predicted octanol–water partition coefficient (Wildman–Crippen LogP) is 7.97. The highest BCUT2D eigenvalue weighted by Gasteiger charge is 2.05. The van der Waals surface area contributed by atoms with Crippen LogP contribution >= 0.6 is 0 Å². The molecule has 3 aromatic carbocycles. The first-order valence-electron chi connectivity index (χ1n) is 12.0. The van der Waals surface area contributed by atoms with Crippen LogP contribution in [0.4, 0.5) is 0 Å². The fourth-order valence-corrected chi connectivity index (χ4v) is 3.73. The van der Waals surface area contributed by atoms with Gasteiger partial charge in [0.2, 0.25) is 0 Å². The summed E-state index contributed by atoms with van der Waals surface area (Å²) in [6, 6.07) is 23.9. The fraction of sp³-hybridized carbons (Fsp3) is 0.323. The Bertz CT molecular complexity index is 1060. The number of rotatable bonds is 10. The smallest absolute Gasteiger partial charge is 0.303 e. The molecule has 3 rings (SSSR count). The summed E-state index contributed by atoms with van der Waals surface area (Å²) in [6.07, 6.45) is 4.45. The van der Waals surface area contributed by atoms with Gasteiger partial charge in [-0.15, -0.1) is 0 Å². The van der Waals surface area contributed by atoms with Gasteiger partial charge in [-0.1, -0.05) is 73.7 Å². The molecule has 1 N–H and O–H groups in total. The van der Waals surface area contributed by atoms with E-state index in [9.17, 15) is 4.79 Å². The molecule has 0 fully saturated rings. The topological polar surface area (TPSA) is 46.5 Å². The lowest BCUT2D eigenvalue weighted by Crippen LogP contribution is -1.99. The SMILES string of the molecule is C=C(C)Cc1ccc(OCCCCc2ccc(-c3ccccc3C)c(C)c2)cc1.CCC(=O)O. The number of ether oxygens (including phenoxy) is 1. The average molecular weight is 459 g/mol. The molecule has 0 atom stereocenters. The van der Waals surface area contributed by atoms with Crippen LogP contribution in [0.3, 0.4) is 0 Å². The van der Waals surface area contributed by atoms with E-state index in [2.05, 4.69) is 94.1 Å². The highest BCUT2D eigenvalue weighted by atomic mass is 16.5. The lowest BCUT2D eigenvalue weighted by atomic mass is 9.94. The Hall–Kier alpha value is -3.33. The quantitative estimate of drug-likeness (QED) is 0.247. The number of hydrogen-bond donors (Lipinski definition) is 1. The molecular weight excluding hydrogens is 420 g/mol. The summed E-state index contributed by atoms with van der Waals surface area (Å²) >= 11 is 0. The second-order valence-corrected chi connectivity index (χ2v) is 8.79. The van der Waals surface area contributed by atoms with Crippen LogP contribution in [-0.4, -0.2) is 17.7 Å². The molecule has 0 radical (unpaired) electrons. The lowest BCUT2D eigenvalue weighted by Gasteiger charge is -2.11. The summed E-state index contributed by atoms with van der Waals surface area (Å²) in [7, 11) is 0. The Balaban J connectivity index is 0.000000739. The van der Waals surface area contributed by atoms with E-state index in [4.69, 9.17) is 9.84 Å². The van der Waals surface area contributed by atoms with Crippen molar-refractivity contribution in [1.82, 2.24) is 0 Å². The van der Waals surface area contributed by atoms with Crippen LogP contribution in [-0.2, 0) is 17.6 Å². The molecule has 0 aliphatic heterocycles. The molecule has 0 unspecified atom stereocenters. The van der Waals surface area contributed by atoms with Gasteiger partial charge in [0.1, 0.15) is 5.75 Å². The minimum atomic E-state index is -0.745. The Kier molecular flexibility index (Phi) is 11.1. The first kappa shape index (κ1) is 26.9. The number of hydrogen-bond acceptors (Lipinski definition) is 2. The van der Waals surface area contributed by atoms with Crippen molar-refractivity contribution < 1.29 is 14.6 Å². The third-order valence-electron chi connectivity index (χ3n) is 5.59. The van der Waals surface area contributed by atoms with Crippen molar-refractivity contribution >= 4 is 5.97 Å². The van der Waals surface area contributed by atoms with E-state index in [-0.39, 0.29) is 6.42 Å². The predicted molar refractivity (Wildman–Crippen MR) is 143 cm³/mol. The molecule has 0 saturated carbocycles. The number of benzene rings is 3. The summed E-state index contributed by atoms with van der Waals surface area (Å²) in [5.74, 6) is 0.207. The number of carboxylic acids is 1. The van der Waals surface area contributed by atoms with Gasteiger partial charge in [-0.3, -0.25) is 4.79 Å². The number of aliphatic carboxylic acids is 1. The first-order valence-corrected chi connectivity index (χ1v) is 12.0. The number of allylic oxidation sites excluding steroid dienone is 1. The average Bonchev–Trinajstić information content (AvgIpc) is 2.81. The van der Waals surface area contributed by atoms with Crippen molar-refractivity contribution in [2.75, 3.05) is 6.61 Å². The van der Waals surface area contributed by atoms with Gasteiger partial charge in [0, 0.05) is 6.42 Å². The maximum Gasteiger partial charge on any atom is 0.303 e. The van der Waals surface area contributed by atoms with Crippen LogP contribution in [0.1, 0.15) is 55.4 Å². The van der Waals surface area contributed by atoms with E-state index in [0.717, 1.165) is 38.0 Å². The van der Waals surface area contributed by atoms with Gasteiger partial charge in [-0.2, -0.15) is 0 Å². The summed E-state index contributed by atoms with van der Waals surface area (Å²) < 4.78 is 5.90. The summed E-state index contributed by atoms with van der Waals surface area (Å²) in [5.41, 5.74) is 9.22. The highest BCUT2D eigenvalue weighted by Crippen LogP contribution is 2.27. The third-order valence-corrected chi connectivity index (χ3v) is 5.59. The second-order valence-electron chi connectivity index (χ2n) is 8.79. The molecule has 180 valence electrons. The lowest BCUT2D eigenvalue weighted by molar-refractivity contribution is -0.136. The van der Waals surface area contributed by atoms with Crippen molar-refractivity contribution in [3.63, 3.8) is 0 Å². The number of carboxylic acid groups (broad SMARTS) is 1. The van der Waals surface area contributed by atoms with Crippen molar-refractivity contribution in [2.24, 2.45) is 0 Å². The van der Waals surface area contributed by atoms with E-state index in [1.54, 1.807) is 6.92 Å². The van der Waals surface area contributed by atoms with Gasteiger partial charge in [0.05, 0.1) is 6.61 Å². The van der Waals surface area contributed by atoms with Crippen LogP contribution in [0.2, 0.25) is 0 Å². The maximum absolute atomic E-state index is 9.37. The van der Waals surface area contributed by atoms with Crippen LogP contribution < -0.4 is 4.74 Å². The molecule has 0 aromatic heterocycles. The van der Waals surface area contributed by atoms with Crippen LogP contribution in [0.25, 0.3) is 11.1 Å². The Morgan fingerprint density at radius 2 is 1.50 bits per heavy atom. The molecule has 3 nitrogen and oxygen atoms in total. The number of carbonyl (C=O) groups is 1. The Labute approximate surface area is 205 Å².